The van der Waals surface area contributed by atoms with Crippen LogP contribution in [0.4, 0.5) is 4.39 Å². The van der Waals surface area contributed by atoms with Crippen molar-refractivity contribution >= 4 is 18.0 Å². The van der Waals surface area contributed by atoms with E-state index < -0.39 is 30.4 Å². The standard InChI is InChI=1S/C35H34FN3O5/c1-22(2)39-30(17-16-28(40)18-29(41)19-31(42)43)32(26-12-14-27(36)15-13-26)33(25-6-4-3-5-7-25)34(39)35(44)38-21-24-10-8-23(20-37)9-11-24/h3-17,22,28-29,40-41H,18-19,21H2,1-2H3,(H,38,44)(H,42,43)/t28-,29-/m1/s1. The first-order chi connectivity index (χ1) is 21.1. The van der Waals surface area contributed by atoms with Crippen LogP contribution in [-0.2, 0) is 11.3 Å². The van der Waals surface area contributed by atoms with Crippen LogP contribution in [0.1, 0.15) is 60.0 Å². The molecule has 0 unspecified atom stereocenters. The first kappa shape index (κ1) is 31.9. The number of aromatic nitrogens is 1. The highest BCUT2D eigenvalue weighted by molar-refractivity contribution is 6.06. The minimum atomic E-state index is -1.25. The molecular formula is C35H34FN3O5. The molecule has 0 bridgehead atoms. The number of aliphatic hydroxyl groups excluding tert-OH is 2. The topological polar surface area (TPSA) is 136 Å². The maximum absolute atomic E-state index is 14.1. The lowest BCUT2D eigenvalue weighted by molar-refractivity contribution is -0.139. The van der Waals surface area contributed by atoms with Crippen LogP contribution in [0.25, 0.3) is 28.3 Å². The van der Waals surface area contributed by atoms with Crippen molar-refractivity contribution in [3.8, 4) is 28.3 Å². The van der Waals surface area contributed by atoms with E-state index in [-0.39, 0.29) is 24.9 Å². The number of hydrogen-bond acceptors (Lipinski definition) is 5. The highest BCUT2D eigenvalue weighted by Crippen LogP contribution is 2.42. The molecule has 44 heavy (non-hydrogen) atoms. The molecule has 9 heteroatoms. The van der Waals surface area contributed by atoms with Gasteiger partial charge in [0.2, 0.25) is 0 Å². The Morgan fingerprint density at radius 1 is 0.955 bits per heavy atom. The lowest BCUT2D eigenvalue weighted by Gasteiger charge is -2.17. The van der Waals surface area contributed by atoms with E-state index in [1.165, 1.54) is 18.2 Å². The van der Waals surface area contributed by atoms with E-state index in [0.717, 1.165) is 11.1 Å². The summed E-state index contributed by atoms with van der Waals surface area (Å²) in [6.07, 6.45) is -0.00452. The number of aliphatic carboxylic acids is 1. The van der Waals surface area contributed by atoms with Crippen LogP contribution in [0.3, 0.4) is 0 Å². The molecular weight excluding hydrogens is 561 g/mol. The summed E-state index contributed by atoms with van der Waals surface area (Å²) in [6.45, 7) is 4.05. The summed E-state index contributed by atoms with van der Waals surface area (Å²) >= 11 is 0. The van der Waals surface area contributed by atoms with Gasteiger partial charge in [-0.15, -0.1) is 0 Å². The SMILES string of the molecule is CC(C)n1c(C=C[C@@H](O)C[C@@H](O)CC(=O)O)c(-c2ccc(F)cc2)c(-c2ccccc2)c1C(=O)NCc1ccc(C#N)cc1. The number of benzene rings is 3. The molecule has 226 valence electrons. The number of carbonyl (C=O) groups excluding carboxylic acids is 1. The number of rotatable bonds is 12. The molecule has 1 amide bonds. The molecule has 0 aliphatic heterocycles. The number of halogens is 1. The van der Waals surface area contributed by atoms with Crippen LogP contribution in [0.5, 0.6) is 0 Å². The van der Waals surface area contributed by atoms with Crippen LogP contribution >= 0.6 is 0 Å². The van der Waals surface area contributed by atoms with Gasteiger partial charge in [0.1, 0.15) is 11.5 Å². The van der Waals surface area contributed by atoms with Crippen molar-refractivity contribution in [2.75, 3.05) is 0 Å². The number of nitrogens with one attached hydrogen (secondary N) is 1. The van der Waals surface area contributed by atoms with Crippen LogP contribution in [0.2, 0.25) is 0 Å². The molecule has 2 atom stereocenters. The number of amides is 1. The molecule has 4 N–H and O–H groups in total. The smallest absolute Gasteiger partial charge is 0.305 e. The average Bonchev–Trinajstić information content (AvgIpc) is 3.35. The molecule has 0 aliphatic rings. The van der Waals surface area contributed by atoms with Gasteiger partial charge in [-0.1, -0.05) is 60.7 Å². The molecule has 1 heterocycles. The molecule has 0 radical (unpaired) electrons. The van der Waals surface area contributed by atoms with E-state index in [1.54, 1.807) is 42.5 Å². The fourth-order valence-electron chi connectivity index (χ4n) is 5.13. The second kappa shape index (κ2) is 14.4. The molecule has 4 aromatic rings. The number of carboxylic acid groups (broad SMARTS) is 1. The van der Waals surface area contributed by atoms with Gasteiger partial charge in [-0.3, -0.25) is 9.59 Å². The van der Waals surface area contributed by atoms with E-state index in [2.05, 4.69) is 11.4 Å². The van der Waals surface area contributed by atoms with Gasteiger partial charge in [0.15, 0.2) is 0 Å². The van der Waals surface area contributed by atoms with Crippen molar-refractivity contribution in [3.05, 3.63) is 113 Å². The lowest BCUT2D eigenvalue weighted by atomic mass is 9.94. The number of nitrogens with zero attached hydrogens (tertiary/aromatic N) is 2. The van der Waals surface area contributed by atoms with Gasteiger partial charge in [-0.2, -0.15) is 5.26 Å². The summed E-state index contributed by atoms with van der Waals surface area (Å²) in [5.74, 6) is -1.95. The highest BCUT2D eigenvalue weighted by atomic mass is 19.1. The molecule has 0 aliphatic carbocycles. The van der Waals surface area contributed by atoms with Gasteiger partial charge in [-0.05, 0) is 60.9 Å². The van der Waals surface area contributed by atoms with Crippen molar-refractivity contribution in [3.63, 3.8) is 0 Å². The Labute approximate surface area is 255 Å². The van der Waals surface area contributed by atoms with Gasteiger partial charge >= 0.3 is 5.97 Å². The molecule has 0 saturated heterocycles. The summed E-state index contributed by atoms with van der Waals surface area (Å²) < 4.78 is 15.9. The lowest BCUT2D eigenvalue weighted by Crippen LogP contribution is -2.27. The maximum atomic E-state index is 14.1. The third kappa shape index (κ3) is 7.67. The first-order valence-corrected chi connectivity index (χ1v) is 14.2. The number of hydrogen-bond donors (Lipinski definition) is 4. The predicted molar refractivity (Wildman–Crippen MR) is 166 cm³/mol. The van der Waals surface area contributed by atoms with E-state index in [4.69, 9.17) is 10.4 Å². The molecule has 8 nitrogen and oxygen atoms in total. The van der Waals surface area contributed by atoms with Crippen LogP contribution in [0.15, 0.2) is 84.9 Å². The van der Waals surface area contributed by atoms with Gasteiger partial charge in [0.05, 0.1) is 30.3 Å². The molecule has 0 spiro atoms. The van der Waals surface area contributed by atoms with E-state index >= 15 is 0 Å². The Bertz CT molecular complexity index is 1670. The summed E-state index contributed by atoms with van der Waals surface area (Å²) in [5.41, 5.74) is 4.90. The largest absolute Gasteiger partial charge is 0.481 e. The molecule has 0 fully saturated rings. The molecule has 0 saturated carbocycles. The Kier molecular flexibility index (Phi) is 10.5. The minimum absolute atomic E-state index is 0.194. The summed E-state index contributed by atoms with van der Waals surface area (Å²) in [6, 6.07) is 24.0. The number of carbonyl (C=O) groups is 2. The van der Waals surface area contributed by atoms with Crippen molar-refractivity contribution in [1.29, 1.82) is 5.26 Å². The van der Waals surface area contributed by atoms with Gasteiger partial charge in [-0.25, -0.2) is 4.39 Å². The fraction of sp³-hybridized carbons (Fsp3) is 0.229. The first-order valence-electron chi connectivity index (χ1n) is 14.2. The zero-order valence-electron chi connectivity index (χ0n) is 24.4. The molecule has 4 rings (SSSR count). The average molecular weight is 596 g/mol. The second-order valence-electron chi connectivity index (χ2n) is 10.7. The Morgan fingerprint density at radius 3 is 2.18 bits per heavy atom. The fourth-order valence-corrected chi connectivity index (χ4v) is 5.13. The zero-order valence-corrected chi connectivity index (χ0v) is 24.4. The third-order valence-corrected chi connectivity index (χ3v) is 7.11. The molecule has 3 aromatic carbocycles. The van der Waals surface area contributed by atoms with E-state index in [9.17, 15) is 24.2 Å². The Morgan fingerprint density at radius 2 is 1.59 bits per heavy atom. The van der Waals surface area contributed by atoms with E-state index in [0.29, 0.717) is 33.6 Å². The Hall–Kier alpha value is -5.04. The summed E-state index contributed by atoms with van der Waals surface area (Å²) in [5, 5.41) is 41.8. The highest BCUT2D eigenvalue weighted by Gasteiger charge is 2.29. The van der Waals surface area contributed by atoms with Crippen LogP contribution < -0.4 is 5.32 Å². The maximum Gasteiger partial charge on any atom is 0.305 e. The van der Waals surface area contributed by atoms with E-state index in [1.807, 2.05) is 48.7 Å². The van der Waals surface area contributed by atoms with Gasteiger partial charge in [0, 0.05) is 35.8 Å². The number of aliphatic hydroxyl groups is 2. The normalized spacial score (nSPS) is 12.7. The van der Waals surface area contributed by atoms with Crippen molar-refractivity contribution in [2.24, 2.45) is 0 Å². The number of carboxylic acids is 1. The Balaban J connectivity index is 1.89. The zero-order chi connectivity index (χ0) is 31.8. The van der Waals surface area contributed by atoms with Crippen molar-refractivity contribution in [2.45, 2.75) is 51.5 Å². The second-order valence-corrected chi connectivity index (χ2v) is 10.7. The monoisotopic (exact) mass is 595 g/mol. The quantitative estimate of drug-likeness (QED) is 0.160. The third-order valence-electron chi connectivity index (χ3n) is 7.11. The van der Waals surface area contributed by atoms with Crippen LogP contribution in [0, 0.1) is 17.1 Å². The van der Waals surface area contributed by atoms with Gasteiger partial charge < -0.3 is 25.2 Å². The predicted octanol–water partition coefficient (Wildman–Crippen LogP) is 5.94. The van der Waals surface area contributed by atoms with Gasteiger partial charge in [0.25, 0.3) is 5.91 Å². The molecule has 1 aromatic heterocycles. The number of nitriles is 1. The summed E-state index contributed by atoms with van der Waals surface area (Å²) in [7, 11) is 0. The van der Waals surface area contributed by atoms with Crippen LogP contribution in [-0.4, -0.2) is 44.0 Å². The summed E-state index contributed by atoms with van der Waals surface area (Å²) in [4.78, 5) is 25.1. The minimum Gasteiger partial charge on any atom is -0.481 e. The van der Waals surface area contributed by atoms with Crippen molar-refractivity contribution < 1.29 is 29.3 Å². The van der Waals surface area contributed by atoms with Crippen molar-refractivity contribution in [1.82, 2.24) is 9.88 Å².